The third-order valence-electron chi connectivity index (χ3n) is 5.18. The highest BCUT2D eigenvalue weighted by Gasteiger charge is 2.26. The number of hydrogen-bond acceptors (Lipinski definition) is 2. The number of carbonyl (C=O) groups excluding carboxylic acids is 1. The van der Waals surface area contributed by atoms with Crippen molar-refractivity contribution in [3.05, 3.63) is 53.9 Å². The molecule has 27 heavy (non-hydrogen) atoms. The van der Waals surface area contributed by atoms with Crippen LogP contribution in [0.15, 0.2) is 36.7 Å². The second-order valence-electron chi connectivity index (χ2n) is 7.25. The zero-order chi connectivity index (χ0) is 19.1. The predicted octanol–water partition coefficient (Wildman–Crippen LogP) is 4.32. The van der Waals surface area contributed by atoms with Crippen LogP contribution in [0.5, 0.6) is 0 Å². The van der Waals surface area contributed by atoms with Crippen molar-refractivity contribution in [3.8, 4) is 0 Å². The van der Waals surface area contributed by atoms with Gasteiger partial charge in [0, 0.05) is 31.5 Å². The molecule has 5 nitrogen and oxygen atoms in total. The molecular formula is C21H29FN4O. The Morgan fingerprint density at radius 2 is 2.00 bits per heavy atom. The van der Waals surface area contributed by atoms with Gasteiger partial charge in [-0.25, -0.2) is 14.2 Å². The van der Waals surface area contributed by atoms with Crippen LogP contribution < -0.4 is 5.32 Å². The molecule has 1 N–H and O–H groups in total. The first-order chi connectivity index (χ1) is 13.2. The van der Waals surface area contributed by atoms with Gasteiger partial charge in [-0.3, -0.25) is 0 Å². The number of rotatable bonds is 7. The maximum Gasteiger partial charge on any atom is 0.318 e. The normalized spacial score (nSPS) is 14.9. The van der Waals surface area contributed by atoms with Crippen LogP contribution in [0, 0.1) is 5.82 Å². The number of carbonyl (C=O) groups is 1. The minimum atomic E-state index is -0.235. The van der Waals surface area contributed by atoms with E-state index in [2.05, 4.69) is 17.2 Å². The summed E-state index contributed by atoms with van der Waals surface area (Å²) in [7, 11) is 0. The SMILES string of the molecule is CCCNC(=O)N(Cc1nccn1Cc1ccc(F)cc1)C1CCCCC1. The average Bonchev–Trinajstić information content (AvgIpc) is 3.13. The Kier molecular flexibility index (Phi) is 6.85. The quantitative estimate of drug-likeness (QED) is 0.787. The van der Waals surface area contributed by atoms with Crippen LogP contribution in [0.4, 0.5) is 9.18 Å². The topological polar surface area (TPSA) is 50.2 Å². The third-order valence-corrected chi connectivity index (χ3v) is 5.18. The molecule has 6 heteroatoms. The summed E-state index contributed by atoms with van der Waals surface area (Å²) in [4.78, 5) is 19.2. The highest BCUT2D eigenvalue weighted by molar-refractivity contribution is 5.74. The van der Waals surface area contributed by atoms with E-state index in [1.165, 1.54) is 31.4 Å². The van der Waals surface area contributed by atoms with Crippen molar-refractivity contribution in [2.45, 2.75) is 64.6 Å². The summed E-state index contributed by atoms with van der Waals surface area (Å²) in [6, 6.07) is 6.78. The van der Waals surface area contributed by atoms with E-state index < -0.39 is 0 Å². The predicted molar refractivity (Wildman–Crippen MR) is 104 cm³/mol. The number of imidazole rings is 1. The van der Waals surface area contributed by atoms with Crippen molar-refractivity contribution in [2.24, 2.45) is 0 Å². The van der Waals surface area contributed by atoms with Gasteiger partial charge in [-0.1, -0.05) is 38.3 Å². The lowest BCUT2D eigenvalue weighted by Crippen LogP contribution is -2.47. The molecule has 0 spiro atoms. The molecular weight excluding hydrogens is 343 g/mol. The average molecular weight is 372 g/mol. The Labute approximate surface area is 160 Å². The Morgan fingerprint density at radius 3 is 2.70 bits per heavy atom. The number of urea groups is 1. The van der Waals surface area contributed by atoms with Crippen molar-refractivity contribution < 1.29 is 9.18 Å². The number of hydrogen-bond donors (Lipinski definition) is 1. The first-order valence-corrected chi connectivity index (χ1v) is 9.96. The molecule has 0 saturated heterocycles. The lowest BCUT2D eigenvalue weighted by Gasteiger charge is -2.34. The first-order valence-electron chi connectivity index (χ1n) is 9.96. The second-order valence-corrected chi connectivity index (χ2v) is 7.25. The van der Waals surface area contributed by atoms with Crippen molar-refractivity contribution in [2.75, 3.05) is 6.54 Å². The minimum Gasteiger partial charge on any atom is -0.338 e. The third kappa shape index (κ3) is 5.31. The Bertz CT molecular complexity index is 722. The van der Waals surface area contributed by atoms with Crippen LogP contribution in [-0.2, 0) is 13.1 Å². The molecule has 0 unspecified atom stereocenters. The molecule has 1 aliphatic rings. The van der Waals surface area contributed by atoms with Crippen LogP contribution >= 0.6 is 0 Å². The van der Waals surface area contributed by atoms with Gasteiger partial charge in [0.2, 0.25) is 0 Å². The van der Waals surface area contributed by atoms with E-state index >= 15 is 0 Å². The van der Waals surface area contributed by atoms with E-state index in [-0.39, 0.29) is 17.9 Å². The van der Waals surface area contributed by atoms with Crippen molar-refractivity contribution in [1.29, 1.82) is 0 Å². The lowest BCUT2D eigenvalue weighted by molar-refractivity contribution is 0.148. The molecule has 0 aliphatic heterocycles. The van der Waals surface area contributed by atoms with Crippen LogP contribution in [0.2, 0.25) is 0 Å². The fourth-order valence-corrected chi connectivity index (χ4v) is 3.67. The van der Waals surface area contributed by atoms with Gasteiger partial charge in [-0.2, -0.15) is 0 Å². The molecule has 1 aromatic carbocycles. The maximum atomic E-state index is 13.1. The summed E-state index contributed by atoms with van der Waals surface area (Å²) >= 11 is 0. The molecule has 1 aliphatic carbocycles. The molecule has 2 amide bonds. The van der Waals surface area contributed by atoms with Crippen LogP contribution in [0.1, 0.15) is 56.8 Å². The Hall–Kier alpha value is -2.37. The molecule has 1 fully saturated rings. The highest BCUT2D eigenvalue weighted by atomic mass is 19.1. The van der Waals surface area contributed by atoms with Gasteiger partial charge in [-0.15, -0.1) is 0 Å². The summed E-state index contributed by atoms with van der Waals surface area (Å²) in [5.41, 5.74) is 1.01. The fourth-order valence-electron chi connectivity index (χ4n) is 3.67. The maximum absolute atomic E-state index is 13.1. The van der Waals surface area contributed by atoms with E-state index in [0.717, 1.165) is 30.7 Å². The summed E-state index contributed by atoms with van der Waals surface area (Å²) in [5, 5.41) is 3.03. The molecule has 1 heterocycles. The number of benzene rings is 1. The van der Waals surface area contributed by atoms with Gasteiger partial charge in [0.15, 0.2) is 0 Å². The van der Waals surface area contributed by atoms with Crippen molar-refractivity contribution in [3.63, 3.8) is 0 Å². The van der Waals surface area contributed by atoms with Gasteiger partial charge < -0.3 is 14.8 Å². The summed E-state index contributed by atoms with van der Waals surface area (Å²) < 4.78 is 15.2. The van der Waals surface area contributed by atoms with Crippen LogP contribution in [-0.4, -0.2) is 33.1 Å². The first kappa shape index (κ1) is 19.4. The van der Waals surface area contributed by atoms with E-state index in [1.54, 1.807) is 18.3 Å². The number of nitrogens with one attached hydrogen (secondary N) is 1. The van der Waals surface area contributed by atoms with E-state index in [1.807, 2.05) is 15.7 Å². The van der Waals surface area contributed by atoms with Crippen molar-refractivity contribution >= 4 is 6.03 Å². The fraction of sp³-hybridized carbons (Fsp3) is 0.524. The summed E-state index contributed by atoms with van der Waals surface area (Å²) in [6.07, 6.45) is 10.3. The standard InChI is InChI=1S/C21H29FN4O/c1-2-12-24-21(27)26(19-6-4-3-5-7-19)16-20-23-13-14-25(20)15-17-8-10-18(22)11-9-17/h8-11,13-14,19H,2-7,12,15-16H2,1H3,(H,24,27). The Balaban J connectivity index is 1.74. The van der Waals surface area contributed by atoms with Gasteiger partial charge in [0.1, 0.15) is 11.6 Å². The molecule has 0 bridgehead atoms. The smallest absolute Gasteiger partial charge is 0.318 e. The largest absolute Gasteiger partial charge is 0.338 e. The van der Waals surface area contributed by atoms with E-state index in [0.29, 0.717) is 19.6 Å². The number of halogens is 1. The molecule has 2 aromatic rings. The second kappa shape index (κ2) is 9.53. The van der Waals surface area contributed by atoms with Gasteiger partial charge in [0.05, 0.1) is 6.54 Å². The van der Waals surface area contributed by atoms with Crippen molar-refractivity contribution in [1.82, 2.24) is 19.8 Å². The Morgan fingerprint density at radius 1 is 1.26 bits per heavy atom. The van der Waals surface area contributed by atoms with Gasteiger partial charge in [-0.05, 0) is 37.0 Å². The van der Waals surface area contributed by atoms with Gasteiger partial charge in [0.25, 0.3) is 0 Å². The molecule has 1 saturated carbocycles. The van der Waals surface area contributed by atoms with E-state index in [9.17, 15) is 9.18 Å². The molecule has 146 valence electrons. The monoisotopic (exact) mass is 372 g/mol. The molecule has 0 atom stereocenters. The minimum absolute atomic E-state index is 0.0000761. The summed E-state index contributed by atoms with van der Waals surface area (Å²) in [6.45, 7) is 3.85. The van der Waals surface area contributed by atoms with Crippen LogP contribution in [0.3, 0.4) is 0 Å². The highest BCUT2D eigenvalue weighted by Crippen LogP contribution is 2.24. The van der Waals surface area contributed by atoms with Gasteiger partial charge >= 0.3 is 6.03 Å². The lowest BCUT2D eigenvalue weighted by atomic mass is 9.94. The van der Waals surface area contributed by atoms with E-state index in [4.69, 9.17) is 0 Å². The van der Waals surface area contributed by atoms with Crippen LogP contribution in [0.25, 0.3) is 0 Å². The molecule has 0 radical (unpaired) electrons. The zero-order valence-electron chi connectivity index (χ0n) is 16.0. The zero-order valence-corrected chi connectivity index (χ0v) is 16.0. The number of nitrogens with zero attached hydrogens (tertiary/aromatic N) is 3. The number of aromatic nitrogens is 2. The summed E-state index contributed by atoms with van der Waals surface area (Å²) in [5.74, 6) is 0.622. The molecule has 3 rings (SSSR count). The number of amides is 2. The molecule has 1 aromatic heterocycles.